The molecule has 1 aromatic heterocycles. The number of aromatic nitrogens is 1. The lowest BCUT2D eigenvalue weighted by molar-refractivity contribution is 0.458. The van der Waals surface area contributed by atoms with Crippen LogP contribution in [0, 0.1) is 13.8 Å². The second kappa shape index (κ2) is 5.74. The molecule has 3 heteroatoms. The Kier molecular flexibility index (Phi) is 4.25. The minimum absolute atomic E-state index is 0.529. The van der Waals surface area contributed by atoms with Gasteiger partial charge in [0.05, 0.1) is 0 Å². The molecule has 0 N–H and O–H groups in total. The van der Waals surface area contributed by atoms with Gasteiger partial charge in [-0.15, -0.1) is 0 Å². The molecule has 0 amide bonds. The summed E-state index contributed by atoms with van der Waals surface area (Å²) < 4.78 is 6.81. The highest BCUT2D eigenvalue weighted by Gasteiger charge is 2.07. The highest BCUT2D eigenvalue weighted by molar-refractivity contribution is 9.10. The summed E-state index contributed by atoms with van der Waals surface area (Å²) in [4.78, 5) is 4.29. The first-order chi connectivity index (χ1) is 8.97. The number of aryl methyl sites for hydroxylation is 2. The predicted molar refractivity (Wildman–Crippen MR) is 82.0 cm³/mol. The second-order valence-corrected chi connectivity index (χ2v) is 5.97. The number of hydrogen-bond acceptors (Lipinski definition) is 2. The van der Waals surface area contributed by atoms with E-state index in [2.05, 4.69) is 53.8 Å². The zero-order chi connectivity index (χ0) is 14.0. The van der Waals surface area contributed by atoms with Gasteiger partial charge in [0.15, 0.2) is 0 Å². The van der Waals surface area contributed by atoms with Crippen LogP contribution in [0.15, 0.2) is 34.9 Å². The van der Waals surface area contributed by atoms with Crippen LogP contribution in [0.4, 0.5) is 0 Å². The van der Waals surface area contributed by atoms with Gasteiger partial charge in [-0.25, -0.2) is 4.98 Å². The monoisotopic (exact) mass is 319 g/mol. The number of rotatable bonds is 3. The summed E-state index contributed by atoms with van der Waals surface area (Å²) in [7, 11) is 0. The van der Waals surface area contributed by atoms with Gasteiger partial charge in [0, 0.05) is 16.2 Å². The summed E-state index contributed by atoms with van der Waals surface area (Å²) in [6, 6.07) is 8.20. The van der Waals surface area contributed by atoms with Crippen molar-refractivity contribution in [1.82, 2.24) is 4.98 Å². The van der Waals surface area contributed by atoms with E-state index in [-0.39, 0.29) is 0 Å². The third-order valence-corrected chi connectivity index (χ3v) is 3.51. The zero-order valence-corrected chi connectivity index (χ0v) is 13.3. The first-order valence-corrected chi connectivity index (χ1v) is 7.17. The Hall–Kier alpha value is -1.35. The molecular weight excluding hydrogens is 302 g/mol. The van der Waals surface area contributed by atoms with Gasteiger partial charge in [-0.05, 0) is 65.0 Å². The quantitative estimate of drug-likeness (QED) is 0.758. The highest BCUT2D eigenvalue weighted by Crippen LogP contribution is 2.28. The van der Waals surface area contributed by atoms with E-state index in [4.69, 9.17) is 4.74 Å². The second-order valence-electron chi connectivity index (χ2n) is 5.05. The van der Waals surface area contributed by atoms with Crippen molar-refractivity contribution < 1.29 is 4.74 Å². The van der Waals surface area contributed by atoms with Crippen molar-refractivity contribution in [1.29, 1.82) is 0 Å². The molecule has 0 atom stereocenters. The van der Waals surface area contributed by atoms with Gasteiger partial charge in [-0.1, -0.05) is 19.9 Å². The van der Waals surface area contributed by atoms with Crippen LogP contribution in [0.5, 0.6) is 11.6 Å². The van der Waals surface area contributed by atoms with Crippen molar-refractivity contribution in [2.45, 2.75) is 33.6 Å². The summed E-state index contributed by atoms with van der Waals surface area (Å²) in [6.07, 6.45) is 1.75. The Labute approximate surface area is 123 Å². The summed E-state index contributed by atoms with van der Waals surface area (Å²) in [5.74, 6) is 2.02. The number of hydrogen-bond donors (Lipinski definition) is 0. The first kappa shape index (κ1) is 14.1. The van der Waals surface area contributed by atoms with Gasteiger partial charge >= 0.3 is 0 Å². The van der Waals surface area contributed by atoms with E-state index in [1.165, 1.54) is 11.1 Å². The highest BCUT2D eigenvalue weighted by atomic mass is 79.9. The predicted octanol–water partition coefficient (Wildman–Crippen LogP) is 5.38. The molecule has 0 bridgehead atoms. The molecule has 2 nitrogen and oxygen atoms in total. The molecule has 2 aromatic rings. The largest absolute Gasteiger partial charge is 0.439 e. The Balaban J connectivity index is 2.26. The van der Waals surface area contributed by atoms with Crippen LogP contribution < -0.4 is 4.74 Å². The Morgan fingerprint density at radius 3 is 2.42 bits per heavy atom. The molecule has 2 rings (SSSR count). The lowest BCUT2D eigenvalue weighted by Gasteiger charge is -2.12. The number of halogens is 1. The summed E-state index contributed by atoms with van der Waals surface area (Å²) in [6.45, 7) is 8.50. The minimum atomic E-state index is 0.529. The zero-order valence-electron chi connectivity index (χ0n) is 11.7. The molecule has 0 saturated heterocycles. The maximum absolute atomic E-state index is 5.85. The van der Waals surface area contributed by atoms with Crippen molar-refractivity contribution in [2.24, 2.45) is 0 Å². The molecule has 0 aliphatic rings. The molecule has 0 unspecified atom stereocenters. The third-order valence-electron chi connectivity index (χ3n) is 3.07. The fraction of sp³-hybridized carbons (Fsp3) is 0.312. The molecule has 19 heavy (non-hydrogen) atoms. The lowest BCUT2D eigenvalue weighted by atomic mass is 9.98. The fourth-order valence-electron chi connectivity index (χ4n) is 2.11. The Morgan fingerprint density at radius 2 is 1.84 bits per heavy atom. The van der Waals surface area contributed by atoms with E-state index in [1.54, 1.807) is 6.20 Å². The van der Waals surface area contributed by atoms with Gasteiger partial charge in [0.1, 0.15) is 5.75 Å². The summed E-state index contributed by atoms with van der Waals surface area (Å²) in [5.41, 5.74) is 3.62. The molecule has 0 aliphatic carbocycles. The number of nitrogens with zero attached hydrogens (tertiary/aromatic N) is 1. The van der Waals surface area contributed by atoms with Crippen LogP contribution in [0.1, 0.15) is 36.5 Å². The van der Waals surface area contributed by atoms with Crippen LogP contribution in [0.3, 0.4) is 0 Å². The number of ether oxygens (including phenoxy) is 1. The summed E-state index contributed by atoms with van der Waals surface area (Å²) >= 11 is 3.40. The maximum Gasteiger partial charge on any atom is 0.222 e. The van der Waals surface area contributed by atoms with E-state index in [0.29, 0.717) is 11.8 Å². The number of pyridine rings is 1. The van der Waals surface area contributed by atoms with Crippen molar-refractivity contribution >= 4 is 15.9 Å². The fourth-order valence-corrected chi connectivity index (χ4v) is 2.55. The van der Waals surface area contributed by atoms with E-state index in [1.807, 2.05) is 19.1 Å². The minimum Gasteiger partial charge on any atom is -0.439 e. The maximum atomic E-state index is 5.85. The van der Waals surface area contributed by atoms with Crippen LogP contribution in [-0.4, -0.2) is 4.98 Å². The molecule has 0 spiro atoms. The average Bonchev–Trinajstić information content (AvgIpc) is 2.32. The smallest absolute Gasteiger partial charge is 0.222 e. The average molecular weight is 320 g/mol. The van der Waals surface area contributed by atoms with Gasteiger partial charge in [-0.3, -0.25) is 0 Å². The molecule has 1 heterocycles. The molecular formula is C16H18BrNO. The molecule has 100 valence electrons. The van der Waals surface area contributed by atoms with Gasteiger partial charge < -0.3 is 4.74 Å². The van der Waals surface area contributed by atoms with Crippen molar-refractivity contribution in [3.8, 4) is 11.6 Å². The topological polar surface area (TPSA) is 22.1 Å². The van der Waals surface area contributed by atoms with Crippen LogP contribution in [0.2, 0.25) is 0 Å². The summed E-state index contributed by atoms with van der Waals surface area (Å²) in [5, 5.41) is 0. The molecule has 1 aromatic carbocycles. The van der Waals surface area contributed by atoms with Crippen LogP contribution in [0.25, 0.3) is 0 Å². The SMILES string of the molecule is Cc1cc(Oc2ncc(Br)cc2C)ccc1C(C)C. The van der Waals surface area contributed by atoms with E-state index in [0.717, 1.165) is 15.8 Å². The molecule has 0 radical (unpaired) electrons. The molecule has 0 fully saturated rings. The Morgan fingerprint density at radius 1 is 1.11 bits per heavy atom. The van der Waals surface area contributed by atoms with Gasteiger partial charge in [0.25, 0.3) is 0 Å². The van der Waals surface area contributed by atoms with Crippen molar-refractivity contribution in [3.63, 3.8) is 0 Å². The van der Waals surface area contributed by atoms with Crippen LogP contribution >= 0.6 is 15.9 Å². The van der Waals surface area contributed by atoms with E-state index < -0.39 is 0 Å². The van der Waals surface area contributed by atoms with Gasteiger partial charge in [-0.2, -0.15) is 0 Å². The van der Waals surface area contributed by atoms with E-state index in [9.17, 15) is 0 Å². The molecule has 0 aliphatic heterocycles. The van der Waals surface area contributed by atoms with Crippen LogP contribution in [-0.2, 0) is 0 Å². The lowest BCUT2D eigenvalue weighted by Crippen LogP contribution is -1.95. The number of benzene rings is 1. The standard InChI is InChI=1S/C16H18BrNO/c1-10(2)15-6-5-14(8-11(15)3)19-16-12(4)7-13(17)9-18-16/h5-10H,1-4H3. The molecule has 0 saturated carbocycles. The van der Waals surface area contributed by atoms with Gasteiger partial charge in [0.2, 0.25) is 5.88 Å². The van der Waals surface area contributed by atoms with E-state index >= 15 is 0 Å². The third kappa shape index (κ3) is 3.35. The Bertz CT molecular complexity index is 593. The van der Waals surface area contributed by atoms with Crippen molar-refractivity contribution in [3.05, 3.63) is 51.6 Å². The first-order valence-electron chi connectivity index (χ1n) is 6.38. The van der Waals surface area contributed by atoms with Crippen molar-refractivity contribution in [2.75, 3.05) is 0 Å². The normalized spacial score (nSPS) is 10.8.